The lowest BCUT2D eigenvalue weighted by Crippen LogP contribution is -2.37. The van der Waals surface area contributed by atoms with Crippen LogP contribution in [0.25, 0.3) is 10.6 Å². The molecule has 1 aromatic heterocycles. The minimum atomic E-state index is 0.720. The summed E-state index contributed by atoms with van der Waals surface area (Å²) in [5.74, 6) is 0. The summed E-state index contributed by atoms with van der Waals surface area (Å²) in [6.45, 7) is 4.90. The van der Waals surface area contributed by atoms with Crippen LogP contribution >= 0.6 is 11.3 Å². The summed E-state index contributed by atoms with van der Waals surface area (Å²) in [5, 5.41) is 2.48. The Balaban J connectivity index is 1.61. The minimum Gasteiger partial charge on any atom is -0.358 e. The SMILES string of the molecule is c1ccc(-c2ncc(N3CCN4CCC3CC4)s2)cc1. The molecule has 1 aromatic carbocycles. The van der Waals surface area contributed by atoms with Crippen LogP contribution in [0, 0.1) is 0 Å². The third-order valence-electron chi connectivity index (χ3n) is 4.45. The zero-order valence-corrected chi connectivity index (χ0v) is 12.4. The lowest BCUT2D eigenvalue weighted by atomic mass is 10.1. The van der Waals surface area contributed by atoms with Crippen LogP contribution in [-0.4, -0.2) is 42.1 Å². The van der Waals surface area contributed by atoms with E-state index in [4.69, 9.17) is 0 Å². The van der Waals surface area contributed by atoms with Crippen LogP contribution in [0.5, 0.6) is 0 Å². The van der Waals surface area contributed by atoms with Crippen molar-refractivity contribution in [1.82, 2.24) is 9.88 Å². The number of hydrogen-bond donors (Lipinski definition) is 0. The fraction of sp³-hybridized carbons (Fsp3) is 0.438. The molecule has 0 radical (unpaired) electrons. The van der Waals surface area contributed by atoms with Gasteiger partial charge in [-0.05, 0) is 12.8 Å². The van der Waals surface area contributed by atoms with Crippen molar-refractivity contribution in [3.05, 3.63) is 36.5 Å². The van der Waals surface area contributed by atoms with Gasteiger partial charge in [0.1, 0.15) is 10.0 Å². The van der Waals surface area contributed by atoms with Crippen LogP contribution in [0.1, 0.15) is 12.8 Å². The second-order valence-corrected chi connectivity index (χ2v) is 6.64. The van der Waals surface area contributed by atoms with Gasteiger partial charge in [0.2, 0.25) is 0 Å². The van der Waals surface area contributed by atoms with Gasteiger partial charge in [0.25, 0.3) is 0 Å². The van der Waals surface area contributed by atoms with E-state index in [9.17, 15) is 0 Å². The van der Waals surface area contributed by atoms with E-state index in [-0.39, 0.29) is 0 Å². The predicted molar refractivity (Wildman–Crippen MR) is 84.4 cm³/mol. The number of piperidine rings is 1. The third kappa shape index (κ3) is 2.23. The molecule has 0 N–H and O–H groups in total. The third-order valence-corrected chi connectivity index (χ3v) is 5.54. The first-order chi connectivity index (χ1) is 9.90. The summed E-state index contributed by atoms with van der Waals surface area (Å²) in [7, 11) is 0. The van der Waals surface area contributed by atoms with E-state index in [1.165, 1.54) is 43.0 Å². The van der Waals surface area contributed by atoms with E-state index in [1.54, 1.807) is 0 Å². The molecule has 2 aromatic rings. The summed E-state index contributed by atoms with van der Waals surface area (Å²) in [6, 6.07) is 11.2. The molecule has 0 amide bonds. The van der Waals surface area contributed by atoms with Crippen LogP contribution in [0.2, 0.25) is 0 Å². The smallest absolute Gasteiger partial charge is 0.125 e. The molecular weight excluding hydrogens is 266 g/mol. The fourth-order valence-corrected chi connectivity index (χ4v) is 4.31. The maximum Gasteiger partial charge on any atom is 0.125 e. The Hall–Kier alpha value is -1.39. The first-order valence-corrected chi connectivity index (χ1v) is 8.22. The Kier molecular flexibility index (Phi) is 3.20. The minimum absolute atomic E-state index is 0.720. The van der Waals surface area contributed by atoms with Gasteiger partial charge in [-0.1, -0.05) is 41.7 Å². The van der Waals surface area contributed by atoms with Gasteiger partial charge >= 0.3 is 0 Å². The number of nitrogens with zero attached hydrogens (tertiary/aromatic N) is 3. The van der Waals surface area contributed by atoms with E-state index in [2.05, 4.69) is 51.3 Å². The van der Waals surface area contributed by atoms with Gasteiger partial charge in [-0.25, -0.2) is 4.98 Å². The lowest BCUT2D eigenvalue weighted by molar-refractivity contribution is 0.250. The zero-order valence-electron chi connectivity index (χ0n) is 11.5. The van der Waals surface area contributed by atoms with Crippen LogP contribution in [-0.2, 0) is 0 Å². The van der Waals surface area contributed by atoms with Crippen molar-refractivity contribution in [3.63, 3.8) is 0 Å². The van der Waals surface area contributed by atoms with Crippen LogP contribution in [0.15, 0.2) is 36.5 Å². The van der Waals surface area contributed by atoms with E-state index in [1.807, 2.05) is 11.3 Å². The second kappa shape index (κ2) is 5.19. The normalized spacial score (nSPS) is 25.7. The molecule has 3 saturated heterocycles. The molecule has 0 atom stereocenters. The molecule has 0 aliphatic carbocycles. The molecule has 5 rings (SSSR count). The van der Waals surface area contributed by atoms with E-state index in [0.717, 1.165) is 17.6 Å². The quantitative estimate of drug-likeness (QED) is 0.845. The number of thiazole rings is 1. The molecule has 0 spiro atoms. The van der Waals surface area contributed by atoms with Crippen molar-refractivity contribution in [3.8, 4) is 10.6 Å². The maximum absolute atomic E-state index is 4.64. The van der Waals surface area contributed by atoms with Crippen molar-refractivity contribution in [2.75, 3.05) is 31.1 Å². The maximum atomic E-state index is 4.64. The number of anilines is 1. The molecule has 104 valence electrons. The largest absolute Gasteiger partial charge is 0.358 e. The highest BCUT2D eigenvalue weighted by Crippen LogP contribution is 2.34. The van der Waals surface area contributed by atoms with Gasteiger partial charge in [-0.15, -0.1) is 0 Å². The first-order valence-electron chi connectivity index (χ1n) is 7.40. The molecule has 3 aliphatic rings. The summed E-state index contributed by atoms with van der Waals surface area (Å²) in [4.78, 5) is 9.83. The first kappa shape index (κ1) is 12.4. The Morgan fingerprint density at radius 2 is 1.80 bits per heavy atom. The molecule has 4 heterocycles. The molecule has 0 saturated carbocycles. The van der Waals surface area contributed by atoms with E-state index < -0.39 is 0 Å². The number of hydrogen-bond acceptors (Lipinski definition) is 4. The Labute approximate surface area is 123 Å². The van der Waals surface area contributed by atoms with Gasteiger partial charge in [0.05, 0.1) is 6.20 Å². The molecule has 3 nitrogen and oxygen atoms in total. The highest BCUT2D eigenvalue weighted by Gasteiger charge is 2.30. The van der Waals surface area contributed by atoms with Crippen molar-refractivity contribution in [1.29, 1.82) is 0 Å². The highest BCUT2D eigenvalue weighted by atomic mass is 32.1. The molecule has 20 heavy (non-hydrogen) atoms. The average Bonchev–Trinajstić information content (AvgIpc) is 2.81. The van der Waals surface area contributed by atoms with Gasteiger partial charge in [-0.2, -0.15) is 0 Å². The monoisotopic (exact) mass is 285 g/mol. The van der Waals surface area contributed by atoms with Gasteiger partial charge < -0.3 is 9.80 Å². The number of benzene rings is 1. The number of fused-ring (bicyclic) bond motifs is 4. The van der Waals surface area contributed by atoms with E-state index in [0.29, 0.717) is 0 Å². The summed E-state index contributed by atoms with van der Waals surface area (Å²) < 4.78 is 0. The van der Waals surface area contributed by atoms with Crippen LogP contribution in [0.4, 0.5) is 5.00 Å². The van der Waals surface area contributed by atoms with Gasteiger partial charge in [-0.3, -0.25) is 0 Å². The second-order valence-electron chi connectivity index (χ2n) is 5.64. The van der Waals surface area contributed by atoms with Crippen molar-refractivity contribution in [2.45, 2.75) is 18.9 Å². The molecule has 2 bridgehead atoms. The van der Waals surface area contributed by atoms with Crippen LogP contribution in [0.3, 0.4) is 0 Å². The Morgan fingerprint density at radius 3 is 2.60 bits per heavy atom. The Morgan fingerprint density at radius 1 is 1.00 bits per heavy atom. The fourth-order valence-electron chi connectivity index (χ4n) is 3.29. The molecule has 4 heteroatoms. The van der Waals surface area contributed by atoms with Gasteiger partial charge in [0, 0.05) is 37.8 Å². The lowest BCUT2D eigenvalue weighted by Gasteiger charge is -2.31. The standard InChI is InChI=1S/C16H19N3S/c1-2-4-13(5-3-1)16-17-12-15(20-16)19-11-10-18-8-6-14(19)7-9-18/h1-5,12,14H,6-11H2. The summed E-state index contributed by atoms with van der Waals surface area (Å²) >= 11 is 1.84. The summed E-state index contributed by atoms with van der Waals surface area (Å²) in [5.41, 5.74) is 1.23. The van der Waals surface area contributed by atoms with E-state index >= 15 is 0 Å². The van der Waals surface area contributed by atoms with Crippen LogP contribution < -0.4 is 4.90 Å². The predicted octanol–water partition coefficient (Wildman–Crippen LogP) is 3.09. The molecule has 3 aliphatic heterocycles. The average molecular weight is 285 g/mol. The van der Waals surface area contributed by atoms with Gasteiger partial charge in [0.15, 0.2) is 0 Å². The molecular formula is C16H19N3S. The van der Waals surface area contributed by atoms with Crippen molar-refractivity contribution >= 4 is 16.3 Å². The zero-order chi connectivity index (χ0) is 13.4. The topological polar surface area (TPSA) is 19.4 Å². The Bertz CT molecular complexity index is 572. The molecule has 0 unspecified atom stereocenters. The summed E-state index contributed by atoms with van der Waals surface area (Å²) in [6.07, 6.45) is 4.68. The number of aromatic nitrogens is 1. The highest BCUT2D eigenvalue weighted by molar-refractivity contribution is 7.18. The molecule has 3 fully saturated rings. The van der Waals surface area contributed by atoms with Crippen molar-refractivity contribution in [2.24, 2.45) is 0 Å². The number of rotatable bonds is 2. The van der Waals surface area contributed by atoms with Crippen molar-refractivity contribution < 1.29 is 0 Å².